The Bertz CT molecular complexity index is 671. The number of halogens is 1. The summed E-state index contributed by atoms with van der Waals surface area (Å²) in [6, 6.07) is 4.20. The molecule has 1 amide bonds. The highest BCUT2D eigenvalue weighted by molar-refractivity contribution is 6.31. The fourth-order valence-electron chi connectivity index (χ4n) is 3.40. The summed E-state index contributed by atoms with van der Waals surface area (Å²) >= 11 is 6.21. The lowest BCUT2D eigenvalue weighted by Crippen LogP contribution is -2.58. The van der Waals surface area contributed by atoms with Gasteiger partial charge in [-0.2, -0.15) is 5.10 Å². The van der Waals surface area contributed by atoms with Crippen molar-refractivity contribution in [2.45, 2.75) is 32.9 Å². The van der Waals surface area contributed by atoms with Crippen molar-refractivity contribution in [3.8, 4) is 0 Å². The first-order valence-corrected chi connectivity index (χ1v) is 7.51. The number of benzene rings is 1. The Balaban J connectivity index is 1.97. The van der Waals surface area contributed by atoms with Crippen molar-refractivity contribution < 1.29 is 4.79 Å². The van der Waals surface area contributed by atoms with E-state index in [0.29, 0.717) is 5.02 Å². The summed E-state index contributed by atoms with van der Waals surface area (Å²) in [5.74, 6) is 0.134. The van der Waals surface area contributed by atoms with Crippen LogP contribution in [-0.4, -0.2) is 46.2 Å². The van der Waals surface area contributed by atoms with Gasteiger partial charge in [-0.15, -0.1) is 0 Å². The molecule has 0 radical (unpaired) electrons. The van der Waals surface area contributed by atoms with Gasteiger partial charge in [-0.25, -0.2) is 0 Å². The van der Waals surface area contributed by atoms with Crippen molar-refractivity contribution in [3.05, 3.63) is 23.4 Å². The van der Waals surface area contributed by atoms with E-state index in [1.807, 2.05) is 23.2 Å². The predicted molar refractivity (Wildman–Crippen MR) is 84.8 cm³/mol. The average Bonchev–Trinajstić information content (AvgIpc) is 2.84. The largest absolute Gasteiger partial charge is 0.367 e. The molecular weight excluding hydrogens is 288 g/mol. The molecule has 0 bridgehead atoms. The zero-order valence-corrected chi connectivity index (χ0v) is 13.2. The van der Waals surface area contributed by atoms with Crippen molar-refractivity contribution in [1.29, 1.82) is 0 Å². The Morgan fingerprint density at radius 3 is 2.62 bits per heavy atom. The summed E-state index contributed by atoms with van der Waals surface area (Å²) in [7, 11) is 0. The summed E-state index contributed by atoms with van der Waals surface area (Å²) in [5.41, 5.74) is 2.01. The maximum atomic E-state index is 11.8. The highest BCUT2D eigenvalue weighted by Gasteiger charge is 2.31. The summed E-state index contributed by atoms with van der Waals surface area (Å²) < 4.78 is 0. The second-order valence-corrected chi connectivity index (χ2v) is 6.22. The fourth-order valence-corrected chi connectivity index (χ4v) is 3.61. The Morgan fingerprint density at radius 1 is 1.33 bits per heavy atom. The Morgan fingerprint density at radius 2 is 2.00 bits per heavy atom. The lowest BCUT2D eigenvalue weighted by Gasteiger charge is -2.45. The average molecular weight is 307 g/mol. The molecule has 2 aromatic rings. The van der Waals surface area contributed by atoms with Crippen molar-refractivity contribution in [2.75, 3.05) is 18.0 Å². The smallest absolute Gasteiger partial charge is 0.220 e. The lowest BCUT2D eigenvalue weighted by molar-refractivity contribution is -0.133. The normalized spacial score (nSPS) is 22.9. The van der Waals surface area contributed by atoms with Crippen LogP contribution in [0.25, 0.3) is 10.9 Å². The maximum absolute atomic E-state index is 11.8. The molecule has 0 saturated carbocycles. The third-order valence-electron chi connectivity index (χ3n) is 4.12. The number of nitrogens with one attached hydrogen (secondary N) is 1. The van der Waals surface area contributed by atoms with Crippen molar-refractivity contribution >= 4 is 34.1 Å². The molecule has 1 aliphatic rings. The third-order valence-corrected chi connectivity index (χ3v) is 4.34. The molecule has 2 atom stereocenters. The van der Waals surface area contributed by atoms with E-state index in [4.69, 9.17) is 11.6 Å². The van der Waals surface area contributed by atoms with Crippen molar-refractivity contribution in [1.82, 2.24) is 15.1 Å². The maximum Gasteiger partial charge on any atom is 0.220 e. The number of aromatic amines is 1. The van der Waals surface area contributed by atoms with Crippen LogP contribution in [0.15, 0.2) is 18.3 Å². The van der Waals surface area contributed by atoms with Gasteiger partial charge in [0.2, 0.25) is 5.91 Å². The molecule has 0 spiro atoms. The molecule has 3 rings (SSSR count). The zero-order valence-electron chi connectivity index (χ0n) is 12.4. The molecule has 1 aromatic carbocycles. The van der Waals surface area contributed by atoms with E-state index in [2.05, 4.69) is 28.9 Å². The van der Waals surface area contributed by atoms with Gasteiger partial charge in [-0.05, 0) is 26.0 Å². The van der Waals surface area contributed by atoms with Crippen LogP contribution in [0.2, 0.25) is 5.02 Å². The minimum absolute atomic E-state index is 0.134. The van der Waals surface area contributed by atoms with Crippen LogP contribution < -0.4 is 4.90 Å². The van der Waals surface area contributed by atoms with Gasteiger partial charge >= 0.3 is 0 Å². The number of aromatic nitrogens is 2. The first-order chi connectivity index (χ1) is 9.97. The van der Waals surface area contributed by atoms with Crippen molar-refractivity contribution in [2.24, 2.45) is 0 Å². The molecule has 1 aliphatic heterocycles. The highest BCUT2D eigenvalue weighted by Crippen LogP contribution is 2.32. The Hall–Kier alpha value is -1.75. The van der Waals surface area contributed by atoms with Gasteiger partial charge in [-0.3, -0.25) is 9.89 Å². The van der Waals surface area contributed by atoms with E-state index in [1.165, 1.54) is 0 Å². The molecule has 21 heavy (non-hydrogen) atoms. The minimum atomic E-state index is 0.134. The molecule has 1 N–H and O–H groups in total. The first kappa shape index (κ1) is 14.2. The molecule has 112 valence electrons. The molecule has 6 heteroatoms. The second-order valence-electron chi connectivity index (χ2n) is 5.79. The van der Waals surface area contributed by atoms with Crippen LogP contribution in [0.5, 0.6) is 0 Å². The summed E-state index contributed by atoms with van der Waals surface area (Å²) in [6.07, 6.45) is 1.83. The van der Waals surface area contributed by atoms with Gasteiger partial charge in [-0.1, -0.05) is 11.6 Å². The monoisotopic (exact) mass is 306 g/mol. The predicted octanol–water partition coefficient (Wildman–Crippen LogP) is 2.66. The van der Waals surface area contributed by atoms with Gasteiger partial charge in [0.15, 0.2) is 0 Å². The fraction of sp³-hybridized carbons (Fsp3) is 0.467. The zero-order chi connectivity index (χ0) is 15.1. The number of amides is 1. The number of carbonyl (C=O) groups is 1. The van der Waals surface area contributed by atoms with Crippen LogP contribution in [0, 0.1) is 0 Å². The number of carbonyl (C=O) groups excluding carboxylic acids is 1. The third kappa shape index (κ3) is 2.46. The van der Waals surface area contributed by atoms with Crippen LogP contribution in [0.4, 0.5) is 5.69 Å². The number of rotatable bonds is 1. The standard InChI is InChI=1S/C15H19ClN4O/c1-9-7-19(8-10(2)20(9)11(3)21)15-5-12(16)4-14-13(15)6-17-18-14/h4-6,9-10H,7-8H2,1-3H3,(H,17,18)/t9-,10-/m1/s1. The molecule has 2 heterocycles. The van der Waals surface area contributed by atoms with Gasteiger partial charge in [0, 0.05) is 48.2 Å². The van der Waals surface area contributed by atoms with Gasteiger partial charge < -0.3 is 9.80 Å². The highest BCUT2D eigenvalue weighted by atomic mass is 35.5. The lowest BCUT2D eigenvalue weighted by atomic mass is 10.1. The molecular formula is C15H19ClN4O. The molecule has 1 aromatic heterocycles. The quantitative estimate of drug-likeness (QED) is 0.881. The number of anilines is 1. The SMILES string of the molecule is CC(=O)N1[C@H](C)CN(c2cc(Cl)cc3[nH]ncc23)C[C@H]1C. The summed E-state index contributed by atoms with van der Waals surface area (Å²) in [6.45, 7) is 7.40. The van der Waals surface area contributed by atoms with Crippen molar-refractivity contribution in [3.63, 3.8) is 0 Å². The molecule has 0 unspecified atom stereocenters. The first-order valence-electron chi connectivity index (χ1n) is 7.14. The number of piperazine rings is 1. The van der Waals surface area contributed by atoms with E-state index in [-0.39, 0.29) is 18.0 Å². The minimum Gasteiger partial charge on any atom is -0.367 e. The van der Waals surface area contributed by atoms with E-state index in [9.17, 15) is 4.79 Å². The number of fused-ring (bicyclic) bond motifs is 1. The van der Waals surface area contributed by atoms with Gasteiger partial charge in [0.05, 0.1) is 11.7 Å². The van der Waals surface area contributed by atoms with E-state index >= 15 is 0 Å². The summed E-state index contributed by atoms with van der Waals surface area (Å²) in [5, 5.41) is 8.82. The van der Waals surface area contributed by atoms with Gasteiger partial charge in [0.25, 0.3) is 0 Å². The molecule has 5 nitrogen and oxygen atoms in total. The van der Waals surface area contributed by atoms with Crippen LogP contribution >= 0.6 is 11.6 Å². The number of hydrogen-bond acceptors (Lipinski definition) is 3. The Labute approximate surface area is 128 Å². The topological polar surface area (TPSA) is 52.2 Å². The number of nitrogens with zero attached hydrogens (tertiary/aromatic N) is 3. The van der Waals surface area contributed by atoms with Crippen LogP contribution in [0.1, 0.15) is 20.8 Å². The second kappa shape index (κ2) is 5.22. The molecule has 1 fully saturated rings. The van der Waals surface area contributed by atoms with E-state index in [0.717, 1.165) is 29.7 Å². The van der Waals surface area contributed by atoms with E-state index in [1.54, 1.807) is 6.92 Å². The molecule has 0 aliphatic carbocycles. The van der Waals surface area contributed by atoms with Crippen LogP contribution in [0.3, 0.4) is 0 Å². The Kier molecular flexibility index (Phi) is 3.53. The molecule has 1 saturated heterocycles. The number of H-pyrrole nitrogens is 1. The number of hydrogen-bond donors (Lipinski definition) is 1. The summed E-state index contributed by atoms with van der Waals surface area (Å²) in [4.78, 5) is 16.0. The van der Waals surface area contributed by atoms with E-state index < -0.39 is 0 Å². The van der Waals surface area contributed by atoms with Crippen LogP contribution in [-0.2, 0) is 4.79 Å². The van der Waals surface area contributed by atoms with Gasteiger partial charge in [0.1, 0.15) is 0 Å².